The Bertz CT molecular complexity index is 1480. The number of fused-ring (bicyclic) bond motifs is 6. The Labute approximate surface area is 199 Å². The van der Waals surface area contributed by atoms with Gasteiger partial charge in [-0.2, -0.15) is 0 Å². The molecule has 0 saturated heterocycles. The van der Waals surface area contributed by atoms with Gasteiger partial charge in [-0.1, -0.05) is 49.4 Å². The van der Waals surface area contributed by atoms with Crippen molar-refractivity contribution in [2.75, 3.05) is 5.73 Å². The second-order valence-electron chi connectivity index (χ2n) is 9.24. The average Bonchev–Trinajstić information content (AvgIpc) is 3.39. The minimum Gasteiger partial charge on any atom is -0.399 e. The first-order chi connectivity index (χ1) is 16.7. The number of nitrogens with one attached hydrogen (secondary N) is 1. The largest absolute Gasteiger partial charge is 0.399 e. The van der Waals surface area contributed by atoms with Crippen molar-refractivity contribution in [1.29, 1.82) is 0 Å². The molecule has 1 atom stereocenters. The molecule has 3 aromatic carbocycles. The zero-order chi connectivity index (χ0) is 23.1. The lowest BCUT2D eigenvalue weighted by Crippen LogP contribution is -2.07. The number of aryl methyl sites for hydroxylation is 3. The molecule has 1 aliphatic carbocycles. The van der Waals surface area contributed by atoms with Crippen molar-refractivity contribution in [1.82, 2.24) is 15.0 Å². The molecule has 0 spiro atoms. The van der Waals surface area contributed by atoms with Gasteiger partial charge in [0.15, 0.2) is 0 Å². The second-order valence-corrected chi connectivity index (χ2v) is 9.24. The van der Waals surface area contributed by atoms with Crippen LogP contribution in [0.25, 0.3) is 22.0 Å². The second kappa shape index (κ2) is 8.45. The van der Waals surface area contributed by atoms with Crippen molar-refractivity contribution in [3.05, 3.63) is 113 Å². The van der Waals surface area contributed by atoms with E-state index in [1.807, 2.05) is 6.20 Å². The minimum atomic E-state index is 0.0410. The molecule has 4 heteroatoms. The summed E-state index contributed by atoms with van der Waals surface area (Å²) < 4.78 is 0. The van der Waals surface area contributed by atoms with Crippen LogP contribution in [0.5, 0.6) is 0 Å². The molecule has 6 bridgehead atoms. The molecule has 6 rings (SSSR count). The summed E-state index contributed by atoms with van der Waals surface area (Å²) in [6.45, 7) is 2.17. The third-order valence-electron chi connectivity index (χ3n) is 7.06. The molecule has 34 heavy (non-hydrogen) atoms. The number of aromatic nitrogens is 3. The van der Waals surface area contributed by atoms with Crippen LogP contribution in [0.4, 0.5) is 5.69 Å². The van der Waals surface area contributed by atoms with Crippen molar-refractivity contribution in [2.45, 2.75) is 38.5 Å². The van der Waals surface area contributed by atoms with Crippen LogP contribution in [0.3, 0.4) is 0 Å². The maximum Gasteiger partial charge on any atom is 0.0922 e. The van der Waals surface area contributed by atoms with Crippen LogP contribution in [-0.4, -0.2) is 15.0 Å². The molecular formula is C30H28N4. The van der Waals surface area contributed by atoms with Gasteiger partial charge in [-0.05, 0) is 83.3 Å². The fourth-order valence-electron chi connectivity index (χ4n) is 5.27. The molecule has 0 radical (unpaired) electrons. The Morgan fingerprint density at radius 2 is 1.85 bits per heavy atom. The average molecular weight is 445 g/mol. The molecule has 1 aliphatic rings. The monoisotopic (exact) mass is 444 g/mol. The molecular weight excluding hydrogens is 416 g/mol. The molecule has 0 amide bonds. The zero-order valence-electron chi connectivity index (χ0n) is 19.4. The van der Waals surface area contributed by atoms with Gasteiger partial charge in [0, 0.05) is 28.7 Å². The Kier molecular flexibility index (Phi) is 5.14. The number of benzene rings is 3. The number of hydrogen-bond donors (Lipinski definition) is 2. The van der Waals surface area contributed by atoms with E-state index in [0.717, 1.165) is 48.3 Å². The summed E-state index contributed by atoms with van der Waals surface area (Å²) in [5.41, 5.74) is 18.0. The first-order valence-corrected chi connectivity index (χ1v) is 12.1. The van der Waals surface area contributed by atoms with E-state index in [9.17, 15) is 0 Å². The highest BCUT2D eigenvalue weighted by Crippen LogP contribution is 2.37. The molecule has 0 aliphatic heterocycles. The lowest BCUT2D eigenvalue weighted by atomic mass is 9.85. The summed E-state index contributed by atoms with van der Waals surface area (Å²) in [6, 6.07) is 24.5. The predicted molar refractivity (Wildman–Crippen MR) is 139 cm³/mol. The van der Waals surface area contributed by atoms with Crippen LogP contribution in [0.2, 0.25) is 0 Å². The lowest BCUT2D eigenvalue weighted by molar-refractivity contribution is 0.818. The first-order valence-electron chi connectivity index (χ1n) is 12.1. The third-order valence-corrected chi connectivity index (χ3v) is 7.06. The summed E-state index contributed by atoms with van der Waals surface area (Å²) in [4.78, 5) is 12.7. The van der Waals surface area contributed by atoms with Crippen molar-refractivity contribution >= 4 is 16.6 Å². The number of imidazole rings is 1. The molecule has 4 nitrogen and oxygen atoms in total. The van der Waals surface area contributed by atoms with E-state index in [0.29, 0.717) is 0 Å². The van der Waals surface area contributed by atoms with Crippen LogP contribution in [0, 0.1) is 0 Å². The van der Waals surface area contributed by atoms with Gasteiger partial charge in [-0.25, -0.2) is 4.98 Å². The molecule has 3 N–H and O–H groups in total. The highest BCUT2D eigenvalue weighted by molar-refractivity contribution is 5.95. The quantitative estimate of drug-likeness (QED) is 0.308. The Morgan fingerprint density at radius 3 is 2.71 bits per heavy atom. The van der Waals surface area contributed by atoms with Crippen LogP contribution in [0.1, 0.15) is 52.9 Å². The number of nitrogen functional groups attached to an aromatic ring is 1. The number of pyridine rings is 1. The highest BCUT2D eigenvalue weighted by atomic mass is 14.9. The number of anilines is 1. The van der Waals surface area contributed by atoms with E-state index in [2.05, 4.69) is 83.6 Å². The van der Waals surface area contributed by atoms with E-state index in [1.54, 1.807) is 6.33 Å². The lowest BCUT2D eigenvalue weighted by Gasteiger charge is -2.20. The number of aromatic amines is 1. The van der Waals surface area contributed by atoms with Crippen molar-refractivity contribution < 1.29 is 0 Å². The van der Waals surface area contributed by atoms with Crippen molar-refractivity contribution in [3.8, 4) is 11.1 Å². The Hall–Kier alpha value is -3.92. The SMILES string of the molecule is CCc1cc2c3cc(ccc3n1)C(c1cnc[nH]1)c1ccc(N)c(c1)CCCc1cccc-2c1. The fourth-order valence-corrected chi connectivity index (χ4v) is 5.27. The van der Waals surface area contributed by atoms with Crippen LogP contribution < -0.4 is 5.73 Å². The van der Waals surface area contributed by atoms with Gasteiger partial charge >= 0.3 is 0 Å². The molecule has 5 aromatic rings. The van der Waals surface area contributed by atoms with E-state index in [4.69, 9.17) is 10.7 Å². The standard InChI is InChI=1S/C30H28N4/c1-2-24-16-25-20-7-3-5-19(13-20)6-4-8-21-14-22(9-11-27(21)31)30(29-17-32-18-33-29)23-10-12-28(34-24)26(25)15-23/h3,5,7,9-18,30H,2,4,6,8,31H2,1H3,(H,32,33). The molecule has 1 unspecified atom stereocenters. The fraction of sp³-hybridized carbons (Fsp3) is 0.200. The molecule has 0 fully saturated rings. The molecule has 2 aromatic heterocycles. The zero-order valence-corrected chi connectivity index (χ0v) is 19.4. The first kappa shape index (κ1) is 20.7. The van der Waals surface area contributed by atoms with Gasteiger partial charge in [0.25, 0.3) is 0 Å². The van der Waals surface area contributed by atoms with Gasteiger partial charge in [0.2, 0.25) is 0 Å². The topological polar surface area (TPSA) is 67.6 Å². The van der Waals surface area contributed by atoms with Crippen LogP contribution in [-0.2, 0) is 19.3 Å². The Morgan fingerprint density at radius 1 is 0.971 bits per heavy atom. The maximum absolute atomic E-state index is 6.41. The maximum atomic E-state index is 6.41. The van der Waals surface area contributed by atoms with Gasteiger partial charge in [0.05, 0.1) is 17.8 Å². The summed E-state index contributed by atoms with van der Waals surface area (Å²) >= 11 is 0. The third kappa shape index (κ3) is 3.65. The summed E-state index contributed by atoms with van der Waals surface area (Å²) in [5.74, 6) is 0.0410. The molecule has 2 heterocycles. The normalized spacial score (nSPS) is 15.4. The van der Waals surface area contributed by atoms with Gasteiger partial charge in [0.1, 0.15) is 0 Å². The highest BCUT2D eigenvalue weighted by Gasteiger charge is 2.21. The van der Waals surface area contributed by atoms with Crippen molar-refractivity contribution in [2.24, 2.45) is 0 Å². The molecule has 168 valence electrons. The van der Waals surface area contributed by atoms with Crippen molar-refractivity contribution in [3.63, 3.8) is 0 Å². The minimum absolute atomic E-state index is 0.0410. The van der Waals surface area contributed by atoms with Gasteiger partial charge in [-0.15, -0.1) is 0 Å². The number of nitrogens with two attached hydrogens (primary N) is 1. The number of nitrogens with zero attached hydrogens (tertiary/aromatic N) is 2. The summed E-state index contributed by atoms with van der Waals surface area (Å²) in [6.07, 6.45) is 7.64. The summed E-state index contributed by atoms with van der Waals surface area (Å²) in [5, 5.41) is 1.18. The van der Waals surface area contributed by atoms with Crippen LogP contribution >= 0.6 is 0 Å². The smallest absolute Gasteiger partial charge is 0.0922 e. The van der Waals surface area contributed by atoms with Gasteiger partial charge in [-0.3, -0.25) is 4.98 Å². The summed E-state index contributed by atoms with van der Waals surface area (Å²) in [7, 11) is 0. The van der Waals surface area contributed by atoms with Gasteiger partial charge < -0.3 is 10.7 Å². The van der Waals surface area contributed by atoms with E-state index in [1.165, 1.54) is 38.8 Å². The van der Waals surface area contributed by atoms with E-state index in [-0.39, 0.29) is 5.92 Å². The number of rotatable bonds is 2. The van der Waals surface area contributed by atoms with Crippen LogP contribution in [0.15, 0.2) is 79.3 Å². The molecule has 0 saturated carbocycles. The number of H-pyrrole nitrogens is 1. The Balaban J connectivity index is 1.66. The predicted octanol–water partition coefficient (Wildman–Crippen LogP) is 6.44. The number of hydrogen-bond acceptors (Lipinski definition) is 3. The van der Waals surface area contributed by atoms with E-state index >= 15 is 0 Å². The van der Waals surface area contributed by atoms with E-state index < -0.39 is 0 Å².